The van der Waals surface area contributed by atoms with Crippen LogP contribution in [0.15, 0.2) is 18.2 Å². The molecule has 1 fully saturated rings. The molecule has 0 bridgehead atoms. The molecule has 2 N–H and O–H groups in total. The maximum absolute atomic E-state index is 12.6. The second kappa shape index (κ2) is 9.46. The molecule has 1 aliphatic carbocycles. The minimum Gasteiger partial charge on any atom is -0.497 e. The van der Waals surface area contributed by atoms with E-state index in [1.54, 1.807) is 32.4 Å². The molecule has 0 aromatic heterocycles. The monoisotopic (exact) mass is 362 g/mol. The summed E-state index contributed by atoms with van der Waals surface area (Å²) in [5, 5.41) is 5.99. The third-order valence-electron chi connectivity index (χ3n) is 5.14. The quantitative estimate of drug-likeness (QED) is 0.780. The van der Waals surface area contributed by atoms with Crippen molar-refractivity contribution in [3.05, 3.63) is 18.2 Å². The van der Waals surface area contributed by atoms with Crippen LogP contribution in [0.3, 0.4) is 0 Å². The Balaban J connectivity index is 1.90. The maximum Gasteiger partial charge on any atom is 0.227 e. The van der Waals surface area contributed by atoms with E-state index in [2.05, 4.69) is 17.6 Å². The molecule has 1 aromatic carbocycles. The lowest BCUT2D eigenvalue weighted by Gasteiger charge is -2.28. The number of nitrogens with one attached hydrogen (secondary N) is 2. The summed E-state index contributed by atoms with van der Waals surface area (Å²) in [6.45, 7) is 4.07. The molecule has 0 saturated heterocycles. The van der Waals surface area contributed by atoms with Crippen LogP contribution in [0.2, 0.25) is 0 Å². The fourth-order valence-corrected chi connectivity index (χ4v) is 3.22. The number of carbonyl (C=O) groups is 2. The van der Waals surface area contributed by atoms with E-state index in [9.17, 15) is 9.59 Å². The van der Waals surface area contributed by atoms with Crippen LogP contribution in [0.25, 0.3) is 0 Å². The van der Waals surface area contributed by atoms with Crippen molar-refractivity contribution < 1.29 is 19.1 Å². The topological polar surface area (TPSA) is 76.7 Å². The summed E-state index contributed by atoms with van der Waals surface area (Å²) in [4.78, 5) is 24.8. The van der Waals surface area contributed by atoms with Crippen LogP contribution in [-0.4, -0.2) is 32.1 Å². The van der Waals surface area contributed by atoms with Gasteiger partial charge in [-0.25, -0.2) is 0 Å². The van der Waals surface area contributed by atoms with Gasteiger partial charge in [0.25, 0.3) is 0 Å². The van der Waals surface area contributed by atoms with Crippen molar-refractivity contribution in [2.45, 2.75) is 52.0 Å². The molecule has 6 nitrogen and oxygen atoms in total. The first-order chi connectivity index (χ1) is 12.5. The highest BCUT2D eigenvalue weighted by atomic mass is 16.5. The van der Waals surface area contributed by atoms with Gasteiger partial charge in [-0.1, -0.05) is 6.92 Å². The maximum atomic E-state index is 12.6. The SMILES string of the molecule is CCC(C)NC(=O)C1CCC(C(=O)Nc2ccc(OC)cc2OC)CC1. The molecule has 6 heteroatoms. The molecule has 1 unspecified atom stereocenters. The summed E-state index contributed by atoms with van der Waals surface area (Å²) in [5.74, 6) is 1.29. The lowest BCUT2D eigenvalue weighted by Crippen LogP contribution is -2.39. The number of rotatable bonds is 7. The Labute approximate surface area is 155 Å². The minimum atomic E-state index is -0.0746. The van der Waals surface area contributed by atoms with Crippen molar-refractivity contribution in [3.63, 3.8) is 0 Å². The lowest BCUT2D eigenvalue weighted by atomic mass is 9.81. The van der Waals surface area contributed by atoms with E-state index in [-0.39, 0.29) is 29.7 Å². The summed E-state index contributed by atoms with van der Waals surface area (Å²) in [6, 6.07) is 5.51. The van der Waals surface area contributed by atoms with E-state index in [0.717, 1.165) is 32.1 Å². The molecule has 1 saturated carbocycles. The van der Waals surface area contributed by atoms with Crippen molar-refractivity contribution in [2.24, 2.45) is 11.8 Å². The van der Waals surface area contributed by atoms with Crippen molar-refractivity contribution in [3.8, 4) is 11.5 Å². The number of carbonyl (C=O) groups excluding carboxylic acids is 2. The molecular formula is C20H30N2O4. The van der Waals surface area contributed by atoms with E-state index >= 15 is 0 Å². The van der Waals surface area contributed by atoms with Gasteiger partial charge < -0.3 is 20.1 Å². The van der Waals surface area contributed by atoms with E-state index in [1.165, 1.54) is 0 Å². The average Bonchev–Trinajstić information content (AvgIpc) is 2.68. The fourth-order valence-electron chi connectivity index (χ4n) is 3.22. The number of methoxy groups -OCH3 is 2. The van der Waals surface area contributed by atoms with Crippen LogP contribution >= 0.6 is 0 Å². The van der Waals surface area contributed by atoms with Crippen LogP contribution in [0.5, 0.6) is 11.5 Å². The predicted octanol–water partition coefficient (Wildman–Crippen LogP) is 3.36. The molecular weight excluding hydrogens is 332 g/mol. The van der Waals surface area contributed by atoms with Gasteiger partial charge in [-0.2, -0.15) is 0 Å². The molecule has 26 heavy (non-hydrogen) atoms. The van der Waals surface area contributed by atoms with Crippen molar-refractivity contribution in [2.75, 3.05) is 19.5 Å². The molecule has 2 rings (SSSR count). The molecule has 144 valence electrons. The molecule has 2 amide bonds. The summed E-state index contributed by atoms with van der Waals surface area (Å²) in [6.07, 6.45) is 3.87. The van der Waals surface area contributed by atoms with Gasteiger partial charge in [-0.05, 0) is 51.2 Å². The molecule has 0 radical (unpaired) electrons. The minimum absolute atomic E-state index is 0.0172. The van der Waals surface area contributed by atoms with Gasteiger partial charge in [0, 0.05) is 23.9 Å². The van der Waals surface area contributed by atoms with E-state index in [4.69, 9.17) is 9.47 Å². The van der Waals surface area contributed by atoms with E-state index < -0.39 is 0 Å². The molecule has 1 aromatic rings. The second-order valence-electron chi connectivity index (χ2n) is 6.92. The van der Waals surface area contributed by atoms with Gasteiger partial charge in [0.2, 0.25) is 11.8 Å². The summed E-state index contributed by atoms with van der Waals surface area (Å²) < 4.78 is 10.5. The first-order valence-electron chi connectivity index (χ1n) is 9.31. The second-order valence-corrected chi connectivity index (χ2v) is 6.92. The zero-order chi connectivity index (χ0) is 19.1. The van der Waals surface area contributed by atoms with E-state index in [0.29, 0.717) is 17.2 Å². The highest BCUT2D eigenvalue weighted by Crippen LogP contribution is 2.33. The number of benzene rings is 1. The number of hydrogen-bond donors (Lipinski definition) is 2. The molecule has 0 aliphatic heterocycles. The van der Waals surface area contributed by atoms with Crippen molar-refractivity contribution in [1.29, 1.82) is 0 Å². The Hall–Kier alpha value is -2.24. The Kier molecular flexibility index (Phi) is 7.30. The average molecular weight is 362 g/mol. The smallest absolute Gasteiger partial charge is 0.227 e. The zero-order valence-electron chi connectivity index (χ0n) is 16.1. The van der Waals surface area contributed by atoms with E-state index in [1.807, 2.05) is 6.92 Å². The highest BCUT2D eigenvalue weighted by Gasteiger charge is 2.30. The summed E-state index contributed by atoms with van der Waals surface area (Å²) >= 11 is 0. The predicted molar refractivity (Wildman–Crippen MR) is 102 cm³/mol. The van der Waals surface area contributed by atoms with Gasteiger partial charge in [-0.3, -0.25) is 9.59 Å². The Morgan fingerprint density at radius 2 is 1.69 bits per heavy atom. The largest absolute Gasteiger partial charge is 0.497 e. The molecule has 0 heterocycles. The summed E-state index contributed by atoms with van der Waals surface area (Å²) in [7, 11) is 3.15. The third-order valence-corrected chi connectivity index (χ3v) is 5.14. The highest BCUT2D eigenvalue weighted by molar-refractivity contribution is 5.94. The van der Waals surface area contributed by atoms with Gasteiger partial charge >= 0.3 is 0 Å². The zero-order valence-corrected chi connectivity index (χ0v) is 16.1. The van der Waals surface area contributed by atoms with Gasteiger partial charge in [0.05, 0.1) is 19.9 Å². The first kappa shape index (κ1) is 20.1. The van der Waals surface area contributed by atoms with Crippen LogP contribution < -0.4 is 20.1 Å². The number of hydrogen-bond acceptors (Lipinski definition) is 4. The standard InChI is InChI=1S/C20H30N2O4/c1-5-13(2)21-19(23)14-6-8-15(9-7-14)20(24)22-17-11-10-16(25-3)12-18(17)26-4/h10-15H,5-9H2,1-4H3,(H,21,23)(H,22,24). The number of anilines is 1. The van der Waals surface area contributed by atoms with Gasteiger partial charge in [-0.15, -0.1) is 0 Å². The molecule has 0 spiro atoms. The summed E-state index contributed by atoms with van der Waals surface area (Å²) in [5.41, 5.74) is 0.634. The lowest BCUT2D eigenvalue weighted by molar-refractivity contribution is -0.129. The normalized spacial score (nSPS) is 20.8. The third kappa shape index (κ3) is 5.13. The number of amides is 2. The van der Waals surface area contributed by atoms with Crippen LogP contribution in [0.4, 0.5) is 5.69 Å². The Bertz CT molecular complexity index is 624. The fraction of sp³-hybridized carbons (Fsp3) is 0.600. The van der Waals surface area contributed by atoms with Crippen LogP contribution in [0, 0.1) is 11.8 Å². The Morgan fingerprint density at radius 1 is 1.08 bits per heavy atom. The van der Waals surface area contributed by atoms with Gasteiger partial charge in [0.1, 0.15) is 11.5 Å². The van der Waals surface area contributed by atoms with Crippen molar-refractivity contribution >= 4 is 17.5 Å². The van der Waals surface area contributed by atoms with Crippen LogP contribution in [0.1, 0.15) is 46.0 Å². The van der Waals surface area contributed by atoms with Crippen LogP contribution in [-0.2, 0) is 9.59 Å². The van der Waals surface area contributed by atoms with Gasteiger partial charge in [0.15, 0.2) is 0 Å². The first-order valence-corrected chi connectivity index (χ1v) is 9.31. The molecule has 1 aliphatic rings. The Morgan fingerprint density at radius 3 is 2.23 bits per heavy atom. The van der Waals surface area contributed by atoms with Crippen molar-refractivity contribution in [1.82, 2.24) is 5.32 Å². The molecule has 1 atom stereocenters. The number of ether oxygens (including phenoxy) is 2.